The van der Waals surface area contributed by atoms with E-state index in [9.17, 15) is 9.18 Å². The number of anilines is 2. The van der Waals surface area contributed by atoms with Gasteiger partial charge >= 0.3 is 0 Å². The first-order valence-corrected chi connectivity index (χ1v) is 7.44. The molecule has 0 aliphatic heterocycles. The minimum Gasteiger partial charge on any atom is -0.385 e. The number of hydrogen-bond donors (Lipinski definition) is 2. The van der Waals surface area contributed by atoms with Gasteiger partial charge in [-0.1, -0.05) is 39.0 Å². The fourth-order valence-electron chi connectivity index (χ4n) is 2.06. The van der Waals surface area contributed by atoms with Crippen LogP contribution in [0.15, 0.2) is 18.2 Å². The fraction of sp³-hybridized carbons (Fsp3) is 0.562. The van der Waals surface area contributed by atoms with E-state index in [-0.39, 0.29) is 11.6 Å². The van der Waals surface area contributed by atoms with Gasteiger partial charge in [0, 0.05) is 19.2 Å². The minimum absolute atomic E-state index is 0.227. The van der Waals surface area contributed by atoms with Crippen LogP contribution in [-0.4, -0.2) is 12.5 Å². The van der Waals surface area contributed by atoms with Crippen LogP contribution in [0.3, 0.4) is 0 Å². The van der Waals surface area contributed by atoms with Crippen molar-refractivity contribution in [2.75, 3.05) is 17.2 Å². The first-order chi connectivity index (χ1) is 9.63. The van der Waals surface area contributed by atoms with Crippen LogP contribution in [0.5, 0.6) is 0 Å². The van der Waals surface area contributed by atoms with E-state index in [4.69, 9.17) is 0 Å². The van der Waals surface area contributed by atoms with Crippen LogP contribution in [0.25, 0.3) is 0 Å². The molecule has 0 aliphatic carbocycles. The molecule has 20 heavy (non-hydrogen) atoms. The molecular weight excluding hydrogens is 255 g/mol. The number of rotatable bonds is 9. The Hall–Kier alpha value is -1.58. The van der Waals surface area contributed by atoms with E-state index < -0.39 is 5.82 Å². The first-order valence-electron chi connectivity index (χ1n) is 7.44. The summed E-state index contributed by atoms with van der Waals surface area (Å²) in [5.41, 5.74) is 1.06. The molecule has 0 aliphatic rings. The second-order valence-corrected chi connectivity index (χ2v) is 5.07. The van der Waals surface area contributed by atoms with Gasteiger partial charge < -0.3 is 10.6 Å². The Balaban J connectivity index is 2.31. The number of unbranched alkanes of at least 4 members (excludes halogenated alkanes) is 5. The molecule has 0 saturated heterocycles. The van der Waals surface area contributed by atoms with Gasteiger partial charge in [-0.3, -0.25) is 4.79 Å². The van der Waals surface area contributed by atoms with Gasteiger partial charge in [0.1, 0.15) is 5.82 Å². The molecule has 0 heterocycles. The zero-order valence-corrected chi connectivity index (χ0v) is 12.5. The van der Waals surface area contributed by atoms with Gasteiger partial charge in [0.15, 0.2) is 0 Å². The van der Waals surface area contributed by atoms with Gasteiger partial charge in [0.05, 0.1) is 5.69 Å². The van der Waals surface area contributed by atoms with Gasteiger partial charge in [0.25, 0.3) is 0 Å². The molecule has 0 spiro atoms. The monoisotopic (exact) mass is 280 g/mol. The maximum absolute atomic E-state index is 13.4. The van der Waals surface area contributed by atoms with Crippen molar-refractivity contribution in [2.24, 2.45) is 0 Å². The normalized spacial score (nSPS) is 10.3. The largest absolute Gasteiger partial charge is 0.385 e. The maximum Gasteiger partial charge on any atom is 0.221 e. The van der Waals surface area contributed by atoms with Gasteiger partial charge in [0.2, 0.25) is 5.91 Å². The van der Waals surface area contributed by atoms with E-state index in [0.29, 0.717) is 0 Å². The molecule has 0 bridgehead atoms. The lowest BCUT2D eigenvalue weighted by molar-refractivity contribution is -0.114. The van der Waals surface area contributed by atoms with Crippen molar-refractivity contribution in [2.45, 2.75) is 52.4 Å². The first kappa shape index (κ1) is 16.5. The Morgan fingerprint density at radius 1 is 1.15 bits per heavy atom. The van der Waals surface area contributed by atoms with Crippen LogP contribution >= 0.6 is 0 Å². The summed E-state index contributed by atoms with van der Waals surface area (Å²) >= 11 is 0. The van der Waals surface area contributed by atoms with Gasteiger partial charge in [-0.2, -0.15) is 0 Å². The van der Waals surface area contributed by atoms with Crippen molar-refractivity contribution in [3.8, 4) is 0 Å². The topological polar surface area (TPSA) is 41.1 Å². The number of nitrogens with one attached hydrogen (secondary N) is 2. The predicted octanol–water partition coefficient (Wildman–Crippen LogP) is 4.56. The SMILES string of the molecule is CCCCCCCCNc1ccc(F)c(NC(C)=O)c1. The summed E-state index contributed by atoms with van der Waals surface area (Å²) in [6.07, 6.45) is 7.48. The van der Waals surface area contributed by atoms with Crippen LogP contribution in [0.4, 0.5) is 15.8 Å². The number of carbonyl (C=O) groups is 1. The summed E-state index contributed by atoms with van der Waals surface area (Å²) in [5.74, 6) is -0.678. The van der Waals surface area contributed by atoms with Crippen LogP contribution in [-0.2, 0) is 4.79 Å². The lowest BCUT2D eigenvalue weighted by Gasteiger charge is -2.09. The van der Waals surface area contributed by atoms with Crippen LogP contribution < -0.4 is 10.6 Å². The maximum atomic E-state index is 13.4. The van der Waals surface area contributed by atoms with E-state index in [1.165, 1.54) is 45.1 Å². The Labute approximate surface area is 121 Å². The van der Waals surface area contributed by atoms with Crippen LogP contribution in [0, 0.1) is 5.82 Å². The van der Waals surface area contributed by atoms with E-state index in [1.807, 2.05) is 0 Å². The molecule has 1 aromatic rings. The third kappa shape index (κ3) is 6.55. The van der Waals surface area contributed by atoms with E-state index in [1.54, 1.807) is 12.1 Å². The molecule has 1 aromatic carbocycles. The second-order valence-electron chi connectivity index (χ2n) is 5.07. The molecule has 1 rings (SSSR count). The summed E-state index contributed by atoms with van der Waals surface area (Å²) in [4.78, 5) is 11.0. The van der Waals surface area contributed by atoms with Crippen molar-refractivity contribution >= 4 is 17.3 Å². The van der Waals surface area contributed by atoms with E-state index in [0.717, 1.165) is 18.7 Å². The Morgan fingerprint density at radius 2 is 1.85 bits per heavy atom. The molecule has 2 N–H and O–H groups in total. The molecule has 4 heteroatoms. The van der Waals surface area contributed by atoms with Crippen molar-refractivity contribution < 1.29 is 9.18 Å². The van der Waals surface area contributed by atoms with Gasteiger partial charge in [-0.25, -0.2) is 4.39 Å². The third-order valence-corrected chi connectivity index (χ3v) is 3.14. The average molecular weight is 280 g/mol. The summed E-state index contributed by atoms with van der Waals surface area (Å²) < 4.78 is 13.4. The quantitative estimate of drug-likeness (QED) is 0.651. The molecule has 0 unspecified atom stereocenters. The number of hydrogen-bond acceptors (Lipinski definition) is 2. The second kappa shape index (κ2) is 9.34. The van der Waals surface area contributed by atoms with Crippen molar-refractivity contribution in [1.29, 1.82) is 0 Å². The van der Waals surface area contributed by atoms with Crippen molar-refractivity contribution in [3.05, 3.63) is 24.0 Å². The summed E-state index contributed by atoms with van der Waals surface area (Å²) in [5, 5.41) is 5.74. The Bertz CT molecular complexity index is 421. The van der Waals surface area contributed by atoms with Gasteiger partial charge in [-0.15, -0.1) is 0 Å². The highest BCUT2D eigenvalue weighted by atomic mass is 19.1. The van der Waals surface area contributed by atoms with E-state index >= 15 is 0 Å². The molecule has 1 amide bonds. The molecule has 0 saturated carbocycles. The zero-order chi connectivity index (χ0) is 14.8. The summed E-state index contributed by atoms with van der Waals surface area (Å²) in [6.45, 7) is 4.45. The van der Waals surface area contributed by atoms with Gasteiger partial charge in [-0.05, 0) is 24.6 Å². The van der Waals surface area contributed by atoms with Crippen LogP contribution in [0.1, 0.15) is 52.4 Å². The predicted molar refractivity (Wildman–Crippen MR) is 82.6 cm³/mol. The minimum atomic E-state index is -0.412. The number of benzene rings is 1. The molecule has 0 fully saturated rings. The highest BCUT2D eigenvalue weighted by molar-refractivity contribution is 5.89. The molecule has 0 aromatic heterocycles. The van der Waals surface area contributed by atoms with Crippen molar-refractivity contribution in [3.63, 3.8) is 0 Å². The fourth-order valence-corrected chi connectivity index (χ4v) is 2.06. The number of halogens is 1. The average Bonchev–Trinajstić information content (AvgIpc) is 2.40. The standard InChI is InChI=1S/C16H25FN2O/c1-3-4-5-6-7-8-11-18-14-9-10-15(17)16(12-14)19-13(2)20/h9-10,12,18H,3-8,11H2,1-2H3,(H,19,20). The highest BCUT2D eigenvalue weighted by Gasteiger charge is 2.04. The third-order valence-electron chi connectivity index (χ3n) is 3.14. The lowest BCUT2D eigenvalue weighted by Crippen LogP contribution is -2.08. The smallest absolute Gasteiger partial charge is 0.221 e. The lowest BCUT2D eigenvalue weighted by atomic mass is 10.1. The number of amides is 1. The molecule has 3 nitrogen and oxygen atoms in total. The molecule has 0 radical (unpaired) electrons. The van der Waals surface area contributed by atoms with Crippen molar-refractivity contribution in [1.82, 2.24) is 0 Å². The Morgan fingerprint density at radius 3 is 2.55 bits per heavy atom. The molecule has 0 atom stereocenters. The number of carbonyl (C=O) groups excluding carboxylic acids is 1. The van der Waals surface area contributed by atoms with Crippen LogP contribution in [0.2, 0.25) is 0 Å². The van der Waals surface area contributed by atoms with E-state index in [2.05, 4.69) is 17.6 Å². The summed E-state index contributed by atoms with van der Waals surface area (Å²) in [7, 11) is 0. The Kier molecular flexibility index (Phi) is 7.70. The molecule has 112 valence electrons. The molecular formula is C16H25FN2O. The summed E-state index contributed by atoms with van der Waals surface area (Å²) in [6, 6.07) is 4.69. The zero-order valence-electron chi connectivity index (χ0n) is 12.5. The highest BCUT2D eigenvalue weighted by Crippen LogP contribution is 2.19.